The molecule has 0 aliphatic carbocycles. The molecule has 103 heavy (non-hydrogen) atoms. The minimum Gasteiger partial charge on any atom is -0.507 e. The first kappa shape index (κ1) is 75.6. The Kier molecular flexibility index (Phi) is 23.5. The fourth-order valence-electron chi connectivity index (χ4n) is 12.9. The lowest BCUT2D eigenvalue weighted by Crippen LogP contribution is -2.54. The number of halogens is 1. The van der Waals surface area contributed by atoms with Crippen molar-refractivity contribution in [1.82, 2.24) is 19.2 Å². The van der Waals surface area contributed by atoms with E-state index in [0.717, 1.165) is 20.7 Å². The Balaban J connectivity index is 0.000000232. The number of alkyl halides is 1. The van der Waals surface area contributed by atoms with E-state index < -0.39 is 112 Å². The maximum atomic E-state index is 14.3. The fourth-order valence-corrected chi connectivity index (χ4v) is 14.6. The molecule has 546 valence electrons. The number of phenolic OH excluding ortho intramolecular Hbond substituents is 1. The van der Waals surface area contributed by atoms with Crippen LogP contribution in [0.1, 0.15) is 69.0 Å². The highest BCUT2D eigenvalue weighted by Crippen LogP contribution is 2.47. The van der Waals surface area contributed by atoms with Gasteiger partial charge in [-0.2, -0.15) is 0 Å². The normalized spacial score (nSPS) is 19.0. The van der Waals surface area contributed by atoms with Crippen molar-refractivity contribution in [2.45, 2.75) is 78.1 Å². The highest BCUT2D eigenvalue weighted by atomic mass is 35.5. The third kappa shape index (κ3) is 15.8. The Morgan fingerprint density at radius 1 is 0.631 bits per heavy atom. The summed E-state index contributed by atoms with van der Waals surface area (Å²) in [5, 5.41) is 65.9. The molecule has 6 aromatic carbocycles. The number of aromatic hydroxyl groups is 1. The van der Waals surface area contributed by atoms with E-state index in [1.54, 1.807) is 42.5 Å². The minimum atomic E-state index is -3.68. The third-order valence-corrected chi connectivity index (χ3v) is 21.2. The summed E-state index contributed by atoms with van der Waals surface area (Å²) in [7, 11) is -2.04. The van der Waals surface area contributed by atoms with Crippen molar-refractivity contribution >= 4 is 107 Å². The second-order valence-electron chi connectivity index (χ2n) is 24.2. The second kappa shape index (κ2) is 32.1. The maximum Gasteiger partial charge on any atom is 0.416 e. The van der Waals surface area contributed by atoms with E-state index in [-0.39, 0.29) is 125 Å². The number of fused-ring (bicyclic) bond motifs is 7. The number of carboxylic acids is 1. The van der Waals surface area contributed by atoms with Gasteiger partial charge in [-0.3, -0.25) is 19.2 Å². The molecule has 8 N–H and O–H groups in total. The number of carbonyl (C=O) groups excluding carboxylic acids is 5. The van der Waals surface area contributed by atoms with Crippen LogP contribution in [0.25, 0.3) is 21.9 Å². The van der Waals surface area contributed by atoms with Crippen LogP contribution in [-0.2, 0) is 39.1 Å². The number of hydrogen-bond donors (Lipinski definition) is 8. The summed E-state index contributed by atoms with van der Waals surface area (Å²) in [6, 6.07) is 24.6. The molecule has 5 amide bonds. The smallest absolute Gasteiger partial charge is 0.416 e. The summed E-state index contributed by atoms with van der Waals surface area (Å²) in [6.45, 7) is 6.26. The van der Waals surface area contributed by atoms with Gasteiger partial charge < -0.3 is 73.8 Å². The number of aliphatic hydroxyl groups excluding tert-OH is 4. The monoisotopic (exact) mass is 1480 g/mol. The standard InChI is InChI=1S/C42H43ClN4O11S.C29H33N3O11S/c1-4-15-57-42(53)47-32-20-37(58-23-27(48)17-38(50)46-22-26(21-43)39-30-8-6-5-7-29(30)35(49)19-33(39)46)36(56-3)18-31(32)40(51)45-14-13-25(16-34(45)41(47)52)24-9-11-28(12-10-24)59(54,55)44-2;1-4-11-42-29(38)32-22-15-25(43-16-19(33)13-26(34)35)24(41-3)14-21(22)27(36)31-10-9-18(12-23(31)28(32)37)17-5-7-20(8-6-17)44(39,40)30-2/h4-13,18-20,26-27,34,41,44,48-49,52H,1,14-17,21-23H2,2-3H3;4-9,14-15,19,23,28,30,33,37H,1,10-13,16H2,2-3H3,(H,34,35)/t26-,27+,34+,41?;19-,23-,28?/m10/s1. The van der Waals surface area contributed by atoms with Gasteiger partial charge in [0.15, 0.2) is 35.5 Å². The number of ether oxygens (including phenoxy) is 6. The van der Waals surface area contributed by atoms with Gasteiger partial charge in [-0.15, -0.1) is 11.6 Å². The second-order valence-corrected chi connectivity index (χ2v) is 28.3. The summed E-state index contributed by atoms with van der Waals surface area (Å²) in [6.07, 6.45) is -2.35. The molecule has 0 saturated carbocycles. The van der Waals surface area contributed by atoms with Crippen LogP contribution in [0.5, 0.6) is 28.7 Å². The van der Waals surface area contributed by atoms with Crippen molar-refractivity contribution in [2.24, 2.45) is 0 Å². The fraction of sp³-hybridized carbons (Fsp3) is 0.324. The Bertz CT molecular complexity index is 4600. The van der Waals surface area contributed by atoms with Crippen LogP contribution in [0.2, 0.25) is 0 Å². The molecular weight excluding hydrogens is 1400 g/mol. The van der Waals surface area contributed by atoms with E-state index in [1.165, 1.54) is 110 Å². The zero-order chi connectivity index (χ0) is 74.4. The zero-order valence-corrected chi connectivity index (χ0v) is 58.6. The van der Waals surface area contributed by atoms with Crippen molar-refractivity contribution in [1.29, 1.82) is 0 Å². The van der Waals surface area contributed by atoms with Crippen LogP contribution in [0, 0.1) is 0 Å². The third-order valence-electron chi connectivity index (χ3n) is 18.0. The van der Waals surface area contributed by atoms with Crippen LogP contribution in [0.4, 0.5) is 26.7 Å². The predicted molar refractivity (Wildman–Crippen MR) is 378 cm³/mol. The number of rotatable bonds is 23. The van der Waals surface area contributed by atoms with Gasteiger partial charge in [-0.25, -0.2) is 45.7 Å². The number of sulfonamides is 2. The molecule has 0 radical (unpaired) electrons. The number of phenols is 1. The van der Waals surface area contributed by atoms with E-state index in [4.69, 9.17) is 45.1 Å². The molecule has 0 spiro atoms. The minimum absolute atomic E-state index is 0.000295. The number of amides is 5. The summed E-state index contributed by atoms with van der Waals surface area (Å²) >= 11 is 6.34. The number of carboxylic acid groups (broad SMARTS) is 1. The van der Waals surface area contributed by atoms with Gasteiger partial charge in [0.2, 0.25) is 26.0 Å². The summed E-state index contributed by atoms with van der Waals surface area (Å²) in [4.78, 5) is 86.2. The molecule has 5 heterocycles. The van der Waals surface area contributed by atoms with Crippen molar-refractivity contribution in [3.8, 4) is 28.7 Å². The average Bonchev–Trinajstić information content (AvgIpc) is 1.63. The Morgan fingerprint density at radius 3 is 1.48 bits per heavy atom. The number of methoxy groups -OCH3 is 2. The Hall–Kier alpha value is -10.1. The number of aliphatic hydroxyl groups is 4. The summed E-state index contributed by atoms with van der Waals surface area (Å²) in [5.41, 5.74) is 3.99. The van der Waals surface area contributed by atoms with Crippen LogP contribution < -0.4 is 43.1 Å². The highest BCUT2D eigenvalue weighted by Gasteiger charge is 2.47. The van der Waals surface area contributed by atoms with E-state index in [9.17, 15) is 71.1 Å². The van der Waals surface area contributed by atoms with Gasteiger partial charge in [0.25, 0.3) is 11.8 Å². The summed E-state index contributed by atoms with van der Waals surface area (Å²) in [5.74, 6) is -2.53. The van der Waals surface area contributed by atoms with Gasteiger partial charge >= 0.3 is 18.2 Å². The molecule has 29 nitrogen and oxygen atoms in total. The molecule has 0 aromatic heterocycles. The van der Waals surface area contributed by atoms with Gasteiger partial charge in [0, 0.05) is 55.0 Å². The van der Waals surface area contributed by atoms with Gasteiger partial charge in [-0.05, 0) is 96.6 Å². The molecule has 0 fully saturated rings. The molecule has 0 saturated heterocycles. The van der Waals surface area contributed by atoms with Crippen LogP contribution in [-0.4, -0.2) is 210 Å². The number of anilines is 3. The number of nitrogens with one attached hydrogen (secondary N) is 2. The lowest BCUT2D eigenvalue weighted by Gasteiger charge is -2.38. The van der Waals surface area contributed by atoms with Gasteiger partial charge in [0.05, 0.1) is 89.3 Å². The molecular formula is C71H76ClN7O22S2. The van der Waals surface area contributed by atoms with Crippen molar-refractivity contribution in [3.05, 3.63) is 168 Å². The lowest BCUT2D eigenvalue weighted by atomic mass is 9.93. The van der Waals surface area contributed by atoms with E-state index in [1.807, 2.05) is 18.2 Å². The highest BCUT2D eigenvalue weighted by molar-refractivity contribution is 7.89. The first-order valence-electron chi connectivity index (χ1n) is 32.2. The van der Waals surface area contributed by atoms with Crippen molar-refractivity contribution < 1.29 is 105 Å². The first-order valence-corrected chi connectivity index (χ1v) is 35.7. The number of benzene rings is 6. The summed E-state index contributed by atoms with van der Waals surface area (Å²) < 4.78 is 86.6. The maximum absolute atomic E-state index is 14.3. The molecule has 5 aliphatic rings. The van der Waals surface area contributed by atoms with Gasteiger partial charge in [-0.1, -0.05) is 86.0 Å². The van der Waals surface area contributed by atoms with Crippen molar-refractivity contribution in [3.63, 3.8) is 0 Å². The SMILES string of the molecule is C=CCOC(=O)N1c2cc(OC[C@@H](O)CC(=O)N3C[C@@H](CCl)c4c3cc(O)c3ccccc43)c(OC)cc2C(=O)N2CC=C(c3ccc(S(=O)(=O)NC)cc3)C[C@H]2C1O.C=CCOC(=O)N1c2cc(OC[C@@H](O)CC(=O)O)c(OC)cc2C(=O)N2CC=C(c3ccc(S(=O)(=O)NC)cc3)C[C@H]2C1O. The van der Waals surface area contributed by atoms with Crippen LogP contribution in [0.3, 0.4) is 0 Å². The van der Waals surface area contributed by atoms with Gasteiger partial charge in [0.1, 0.15) is 32.2 Å². The van der Waals surface area contributed by atoms with Crippen molar-refractivity contribution in [2.75, 3.05) is 95.0 Å². The first-order chi connectivity index (χ1) is 49.2. The van der Waals surface area contributed by atoms with Crippen LogP contribution >= 0.6 is 11.6 Å². The quantitative estimate of drug-likeness (QED) is 0.0258. The molecule has 2 unspecified atom stereocenters. The average molecular weight is 1480 g/mol. The number of aliphatic carboxylic acids is 1. The Labute approximate surface area is 597 Å². The number of hydrogen-bond acceptors (Lipinski definition) is 21. The predicted octanol–water partition coefficient (Wildman–Crippen LogP) is 6.30. The molecule has 7 atom stereocenters. The number of nitrogens with zero attached hydrogens (tertiary/aromatic N) is 5. The van der Waals surface area contributed by atoms with Crippen LogP contribution in [0.15, 0.2) is 150 Å². The molecule has 11 rings (SSSR count). The topological polar surface area (TPSA) is 388 Å². The van der Waals surface area contributed by atoms with E-state index in [0.29, 0.717) is 33.3 Å². The molecule has 0 bridgehead atoms. The largest absolute Gasteiger partial charge is 0.507 e. The zero-order valence-electron chi connectivity index (χ0n) is 56.2. The molecule has 6 aromatic rings. The molecule has 5 aliphatic heterocycles. The van der Waals surface area contributed by atoms with E-state index >= 15 is 0 Å². The Morgan fingerprint density at radius 2 is 1.07 bits per heavy atom. The van der Waals surface area contributed by atoms with E-state index in [2.05, 4.69) is 22.6 Å². The lowest BCUT2D eigenvalue weighted by molar-refractivity contribution is -0.139. The molecule has 32 heteroatoms. The number of carbonyl (C=O) groups is 6.